The van der Waals surface area contributed by atoms with Crippen molar-refractivity contribution >= 4 is 27.2 Å². The van der Waals surface area contributed by atoms with Crippen LogP contribution in [0.2, 0.25) is 5.02 Å². The Kier molecular flexibility index (Phi) is 6.78. The molecule has 1 aromatic carbocycles. The number of hydrogen-bond donors (Lipinski definition) is 0. The van der Waals surface area contributed by atoms with Gasteiger partial charge in [0.15, 0.2) is 9.84 Å². The molecule has 0 radical (unpaired) electrons. The fourth-order valence-electron chi connectivity index (χ4n) is 3.38. The van der Waals surface area contributed by atoms with Gasteiger partial charge in [-0.1, -0.05) is 17.7 Å². The van der Waals surface area contributed by atoms with Crippen LogP contribution in [0.15, 0.2) is 18.2 Å². The molecule has 4 nitrogen and oxygen atoms in total. The van der Waals surface area contributed by atoms with Crippen molar-refractivity contribution in [3.63, 3.8) is 0 Å². The van der Waals surface area contributed by atoms with E-state index in [4.69, 9.17) is 16.3 Å². The smallest absolute Gasteiger partial charge is 0.155 e. The van der Waals surface area contributed by atoms with Crippen LogP contribution in [0, 0.1) is 11.8 Å². The lowest BCUT2D eigenvalue weighted by molar-refractivity contribution is -0.123. The van der Waals surface area contributed by atoms with E-state index in [-0.39, 0.29) is 23.4 Å². The number of methoxy groups -OCH3 is 1. The van der Waals surface area contributed by atoms with Crippen molar-refractivity contribution in [3.05, 3.63) is 28.8 Å². The lowest BCUT2D eigenvalue weighted by atomic mass is 9.79. The highest BCUT2D eigenvalue weighted by atomic mass is 35.5. The van der Waals surface area contributed by atoms with E-state index < -0.39 is 14.6 Å². The summed E-state index contributed by atoms with van der Waals surface area (Å²) in [6.07, 6.45) is 3.50. The van der Waals surface area contributed by atoms with Crippen molar-refractivity contribution in [2.75, 3.05) is 12.9 Å². The monoisotopic (exact) mass is 400 g/mol. The first-order valence-corrected chi connectivity index (χ1v) is 11.1. The van der Waals surface area contributed by atoms with Gasteiger partial charge >= 0.3 is 0 Å². The number of ketones is 1. The quantitative estimate of drug-likeness (QED) is 0.706. The summed E-state index contributed by atoms with van der Waals surface area (Å²) in [7, 11) is -1.55. The number of ether oxygens (including phenoxy) is 1. The molecule has 0 bridgehead atoms. The summed E-state index contributed by atoms with van der Waals surface area (Å²) in [5.41, 5.74) is 0.887. The van der Waals surface area contributed by atoms with Gasteiger partial charge in [-0.05, 0) is 70.1 Å². The van der Waals surface area contributed by atoms with Gasteiger partial charge in [-0.25, -0.2) is 8.42 Å². The molecular weight excluding hydrogens is 372 g/mol. The molecule has 0 saturated heterocycles. The summed E-state index contributed by atoms with van der Waals surface area (Å²) < 4.78 is 29.2. The first-order valence-electron chi connectivity index (χ1n) is 9.11. The van der Waals surface area contributed by atoms with Crippen molar-refractivity contribution in [1.29, 1.82) is 0 Å². The highest BCUT2D eigenvalue weighted by molar-refractivity contribution is 7.92. The maximum absolute atomic E-state index is 12.6. The third-order valence-electron chi connectivity index (χ3n) is 5.28. The Balaban J connectivity index is 1.89. The van der Waals surface area contributed by atoms with Crippen LogP contribution in [0.3, 0.4) is 0 Å². The summed E-state index contributed by atoms with van der Waals surface area (Å²) >= 11 is 6.12. The number of Topliss-reactive ketones (excluding diaryl/α,β-unsaturated/α-hetero) is 1. The number of halogens is 1. The molecule has 6 heteroatoms. The van der Waals surface area contributed by atoms with Gasteiger partial charge in [0, 0.05) is 12.3 Å². The van der Waals surface area contributed by atoms with Crippen molar-refractivity contribution in [2.45, 2.75) is 57.6 Å². The molecule has 1 aliphatic carbocycles. The minimum absolute atomic E-state index is 0.0180. The van der Waals surface area contributed by atoms with Crippen LogP contribution in [-0.4, -0.2) is 31.8 Å². The van der Waals surface area contributed by atoms with Gasteiger partial charge in [-0.15, -0.1) is 0 Å². The standard InChI is InChI=1S/C20H29ClO4S/c1-20(2,3)26(23,24)13-14-5-8-16(9-6-14)18(22)12-15-7-10-19(25-4)17(21)11-15/h7,10-11,14,16H,5-6,8-9,12-13H2,1-4H3. The predicted molar refractivity (Wildman–Crippen MR) is 106 cm³/mol. The third kappa shape index (κ3) is 5.23. The molecule has 0 unspecified atom stereocenters. The molecule has 26 heavy (non-hydrogen) atoms. The Bertz CT molecular complexity index is 742. The van der Waals surface area contributed by atoms with E-state index in [0.29, 0.717) is 17.2 Å². The van der Waals surface area contributed by atoms with Crippen LogP contribution in [0.25, 0.3) is 0 Å². The number of benzene rings is 1. The predicted octanol–water partition coefficient (Wildman–Crippen LogP) is 4.48. The maximum Gasteiger partial charge on any atom is 0.155 e. The first-order chi connectivity index (χ1) is 12.0. The molecule has 1 fully saturated rings. The normalized spacial score (nSPS) is 21.4. The topological polar surface area (TPSA) is 60.4 Å². The molecule has 0 heterocycles. The van der Waals surface area contributed by atoms with Crippen molar-refractivity contribution in [2.24, 2.45) is 11.8 Å². The van der Waals surface area contributed by atoms with E-state index in [0.717, 1.165) is 31.2 Å². The maximum atomic E-state index is 12.6. The Morgan fingerprint density at radius 3 is 2.31 bits per heavy atom. The first kappa shape index (κ1) is 21.2. The van der Waals surface area contributed by atoms with Crippen molar-refractivity contribution in [3.8, 4) is 5.75 Å². The van der Waals surface area contributed by atoms with Crippen molar-refractivity contribution in [1.82, 2.24) is 0 Å². The zero-order valence-electron chi connectivity index (χ0n) is 16.0. The molecular formula is C20H29ClO4S. The number of carbonyl (C=O) groups is 1. The fourth-order valence-corrected chi connectivity index (χ4v) is 5.11. The van der Waals surface area contributed by atoms with E-state index in [1.54, 1.807) is 40.0 Å². The second kappa shape index (κ2) is 8.30. The average molecular weight is 401 g/mol. The minimum atomic E-state index is -3.11. The Morgan fingerprint density at radius 1 is 1.19 bits per heavy atom. The third-order valence-corrected chi connectivity index (χ3v) is 8.36. The van der Waals surface area contributed by atoms with Gasteiger partial charge in [-0.2, -0.15) is 0 Å². The SMILES string of the molecule is COc1ccc(CC(=O)C2CCC(CS(=O)(=O)C(C)(C)C)CC2)cc1Cl. The number of sulfone groups is 1. The summed E-state index contributed by atoms with van der Waals surface area (Å²) in [6, 6.07) is 5.42. The number of carbonyl (C=O) groups excluding carboxylic acids is 1. The number of hydrogen-bond acceptors (Lipinski definition) is 4. The van der Waals surface area contributed by atoms with Crippen LogP contribution in [0.4, 0.5) is 0 Å². The lowest BCUT2D eigenvalue weighted by Crippen LogP contribution is -2.35. The van der Waals surface area contributed by atoms with E-state index in [2.05, 4.69) is 0 Å². The summed E-state index contributed by atoms with van der Waals surface area (Å²) in [4.78, 5) is 12.6. The molecule has 1 saturated carbocycles. The molecule has 1 aromatic rings. The Hall–Kier alpha value is -1.07. The highest BCUT2D eigenvalue weighted by Crippen LogP contribution is 2.33. The Morgan fingerprint density at radius 2 is 1.81 bits per heavy atom. The van der Waals surface area contributed by atoms with Gasteiger partial charge in [0.25, 0.3) is 0 Å². The molecule has 2 rings (SSSR count). The van der Waals surface area contributed by atoms with E-state index in [9.17, 15) is 13.2 Å². The molecule has 0 spiro atoms. The van der Waals surface area contributed by atoms with Crippen LogP contribution in [-0.2, 0) is 21.1 Å². The van der Waals surface area contributed by atoms with Gasteiger partial charge in [0.1, 0.15) is 11.5 Å². The van der Waals surface area contributed by atoms with Gasteiger partial charge in [0.2, 0.25) is 0 Å². The fraction of sp³-hybridized carbons (Fsp3) is 0.650. The second-order valence-electron chi connectivity index (χ2n) is 8.22. The lowest BCUT2D eigenvalue weighted by Gasteiger charge is -2.30. The molecule has 0 N–H and O–H groups in total. The molecule has 0 amide bonds. The largest absolute Gasteiger partial charge is 0.495 e. The van der Waals surface area contributed by atoms with Crippen LogP contribution < -0.4 is 4.74 Å². The minimum Gasteiger partial charge on any atom is -0.495 e. The van der Waals surface area contributed by atoms with Crippen LogP contribution >= 0.6 is 11.6 Å². The van der Waals surface area contributed by atoms with E-state index in [1.165, 1.54) is 0 Å². The van der Waals surface area contributed by atoms with Crippen LogP contribution in [0.1, 0.15) is 52.0 Å². The number of rotatable bonds is 6. The highest BCUT2D eigenvalue weighted by Gasteiger charge is 2.34. The molecule has 0 aromatic heterocycles. The van der Waals surface area contributed by atoms with E-state index in [1.807, 2.05) is 6.07 Å². The molecule has 146 valence electrons. The average Bonchev–Trinajstić information content (AvgIpc) is 2.54. The van der Waals surface area contributed by atoms with Crippen LogP contribution in [0.5, 0.6) is 5.75 Å². The van der Waals surface area contributed by atoms with Gasteiger partial charge < -0.3 is 4.74 Å². The molecule has 0 aliphatic heterocycles. The molecule has 0 atom stereocenters. The van der Waals surface area contributed by atoms with Gasteiger partial charge in [-0.3, -0.25) is 4.79 Å². The Labute approximate surface area is 162 Å². The summed E-state index contributed by atoms with van der Waals surface area (Å²) in [6.45, 7) is 5.24. The summed E-state index contributed by atoms with van der Waals surface area (Å²) in [5, 5.41) is 0.508. The van der Waals surface area contributed by atoms with Gasteiger partial charge in [0.05, 0.1) is 22.6 Å². The zero-order chi connectivity index (χ0) is 19.5. The van der Waals surface area contributed by atoms with Crippen molar-refractivity contribution < 1.29 is 17.9 Å². The second-order valence-corrected chi connectivity index (χ2v) is 11.4. The zero-order valence-corrected chi connectivity index (χ0v) is 17.6. The summed E-state index contributed by atoms with van der Waals surface area (Å²) in [5.74, 6) is 1.22. The molecule has 1 aliphatic rings. The van der Waals surface area contributed by atoms with E-state index >= 15 is 0 Å².